The van der Waals surface area contributed by atoms with E-state index in [1.165, 1.54) is 16.7 Å². The molecule has 2 rings (SSSR count). The van der Waals surface area contributed by atoms with Crippen LogP contribution in [-0.4, -0.2) is 0 Å². The Morgan fingerprint density at radius 2 is 1.40 bits per heavy atom. The summed E-state index contributed by atoms with van der Waals surface area (Å²) in [6.07, 6.45) is 1.89. The van der Waals surface area contributed by atoms with Gasteiger partial charge >= 0.3 is 0 Å². The van der Waals surface area contributed by atoms with E-state index in [1.807, 2.05) is 18.2 Å². The zero-order valence-electron chi connectivity index (χ0n) is 8.48. The fourth-order valence-electron chi connectivity index (χ4n) is 1.56. The summed E-state index contributed by atoms with van der Waals surface area (Å²) < 4.78 is 0. The summed E-state index contributed by atoms with van der Waals surface area (Å²) in [7, 11) is 0. The maximum atomic E-state index is 3.82. The van der Waals surface area contributed by atoms with Crippen molar-refractivity contribution in [3.05, 3.63) is 66.7 Å². The van der Waals surface area contributed by atoms with Crippen molar-refractivity contribution in [1.82, 2.24) is 0 Å². The van der Waals surface area contributed by atoms with E-state index < -0.39 is 0 Å². The van der Waals surface area contributed by atoms with Gasteiger partial charge < -0.3 is 0 Å². The van der Waals surface area contributed by atoms with Crippen LogP contribution in [0.4, 0.5) is 0 Å². The number of rotatable bonds is 2. The summed E-state index contributed by atoms with van der Waals surface area (Å²) in [4.78, 5) is 0. The van der Waals surface area contributed by atoms with Crippen LogP contribution in [0.3, 0.4) is 0 Å². The van der Waals surface area contributed by atoms with Crippen molar-refractivity contribution in [2.45, 2.75) is 0 Å². The van der Waals surface area contributed by atoms with Crippen LogP contribution in [0.15, 0.2) is 61.2 Å². The lowest BCUT2D eigenvalue weighted by atomic mass is 10.00. The summed E-state index contributed by atoms with van der Waals surface area (Å²) in [6.45, 7) is 3.82. The topological polar surface area (TPSA) is 0 Å². The fraction of sp³-hybridized carbons (Fsp3) is 0. The molecule has 0 aliphatic heterocycles. The van der Waals surface area contributed by atoms with Gasteiger partial charge in [-0.15, -0.1) is 0 Å². The van der Waals surface area contributed by atoms with Crippen molar-refractivity contribution in [3.8, 4) is 11.1 Å². The molecule has 0 saturated carbocycles. The highest BCUT2D eigenvalue weighted by molar-refractivity contribution is 7.59. The Morgan fingerprint density at radius 1 is 0.800 bits per heavy atom. The Bertz CT molecular complexity index is 432. The van der Waals surface area contributed by atoms with Crippen molar-refractivity contribution in [2.75, 3.05) is 0 Å². The van der Waals surface area contributed by atoms with Crippen molar-refractivity contribution in [3.63, 3.8) is 0 Å². The molecule has 0 spiro atoms. The molecule has 15 heavy (non-hydrogen) atoms. The van der Waals surface area contributed by atoms with Crippen LogP contribution in [0.5, 0.6) is 0 Å². The summed E-state index contributed by atoms with van der Waals surface area (Å²) in [5.41, 5.74) is 3.66. The number of hydrogen-bond donors (Lipinski definition) is 0. The Hall–Kier alpha value is -1.47. The van der Waals surface area contributed by atoms with Gasteiger partial charge in [-0.2, -0.15) is 13.5 Å². The van der Waals surface area contributed by atoms with Crippen LogP contribution in [-0.2, 0) is 0 Å². The minimum absolute atomic E-state index is 0. The maximum Gasteiger partial charge on any atom is -0.0112 e. The van der Waals surface area contributed by atoms with Crippen molar-refractivity contribution in [1.29, 1.82) is 0 Å². The molecular weight excluding hydrogens is 200 g/mol. The smallest absolute Gasteiger partial charge is 0.0112 e. The zero-order valence-corrected chi connectivity index (χ0v) is 9.48. The van der Waals surface area contributed by atoms with Gasteiger partial charge in [0.1, 0.15) is 0 Å². The summed E-state index contributed by atoms with van der Waals surface area (Å²) in [5.74, 6) is 0. The van der Waals surface area contributed by atoms with Crippen LogP contribution < -0.4 is 0 Å². The van der Waals surface area contributed by atoms with Gasteiger partial charge in [-0.1, -0.05) is 67.3 Å². The number of hydrogen-bond acceptors (Lipinski definition) is 0. The fourth-order valence-corrected chi connectivity index (χ4v) is 1.56. The van der Waals surface area contributed by atoms with Crippen LogP contribution in [0, 0.1) is 0 Å². The first-order valence-electron chi connectivity index (χ1n) is 4.68. The van der Waals surface area contributed by atoms with Gasteiger partial charge in [-0.05, 0) is 16.7 Å². The first-order chi connectivity index (χ1) is 6.92. The van der Waals surface area contributed by atoms with Gasteiger partial charge in [0, 0.05) is 0 Å². The van der Waals surface area contributed by atoms with E-state index in [9.17, 15) is 0 Å². The molecule has 0 unspecified atom stereocenters. The molecule has 0 aliphatic rings. The van der Waals surface area contributed by atoms with Crippen LogP contribution >= 0.6 is 13.5 Å². The largest absolute Gasteiger partial charge is 0.197 e. The third kappa shape index (κ3) is 2.51. The van der Waals surface area contributed by atoms with Gasteiger partial charge in [0.2, 0.25) is 0 Å². The molecule has 0 atom stereocenters. The van der Waals surface area contributed by atoms with E-state index >= 15 is 0 Å². The Labute approximate surface area is 97.7 Å². The van der Waals surface area contributed by atoms with E-state index in [0.29, 0.717) is 0 Å². The molecule has 0 radical (unpaired) electrons. The Kier molecular flexibility index (Phi) is 4.19. The number of benzene rings is 2. The second-order valence-corrected chi connectivity index (χ2v) is 3.16. The van der Waals surface area contributed by atoms with E-state index in [-0.39, 0.29) is 13.5 Å². The van der Waals surface area contributed by atoms with E-state index in [1.54, 1.807) is 0 Å². The molecule has 0 heterocycles. The highest BCUT2D eigenvalue weighted by Gasteiger charge is 1.99. The van der Waals surface area contributed by atoms with Crippen molar-refractivity contribution in [2.24, 2.45) is 0 Å². The normalized spacial score (nSPS) is 9.07. The molecule has 2 aromatic rings. The third-order valence-corrected chi connectivity index (χ3v) is 2.27. The standard InChI is InChI=1S/C14H12.H2S/c1-2-12-8-6-7-11-14(12)13-9-4-3-5-10-13;/h2-11H,1H2;1H2. The summed E-state index contributed by atoms with van der Waals surface area (Å²) in [5, 5.41) is 0. The Morgan fingerprint density at radius 3 is 2.07 bits per heavy atom. The molecule has 1 heteroatoms. The molecule has 0 aliphatic carbocycles. The third-order valence-electron chi connectivity index (χ3n) is 2.27. The monoisotopic (exact) mass is 214 g/mol. The SMILES string of the molecule is C=Cc1ccccc1-c1ccccc1.S. The average molecular weight is 214 g/mol. The van der Waals surface area contributed by atoms with Crippen LogP contribution in [0.1, 0.15) is 5.56 Å². The Balaban J connectivity index is 0.00000112. The first-order valence-corrected chi connectivity index (χ1v) is 4.68. The molecule has 0 N–H and O–H groups in total. The van der Waals surface area contributed by atoms with Gasteiger partial charge in [-0.3, -0.25) is 0 Å². The van der Waals surface area contributed by atoms with E-state index in [2.05, 4.69) is 49.0 Å². The first kappa shape index (κ1) is 11.6. The molecule has 76 valence electrons. The molecule has 0 aromatic heterocycles. The maximum absolute atomic E-state index is 3.82. The zero-order chi connectivity index (χ0) is 9.80. The molecule has 2 aromatic carbocycles. The molecule has 0 saturated heterocycles. The molecular formula is C14H14S. The molecule has 0 nitrogen and oxygen atoms in total. The summed E-state index contributed by atoms with van der Waals surface area (Å²) >= 11 is 0. The lowest BCUT2D eigenvalue weighted by Gasteiger charge is -2.04. The second-order valence-electron chi connectivity index (χ2n) is 3.16. The molecule has 0 amide bonds. The highest BCUT2D eigenvalue weighted by atomic mass is 32.1. The van der Waals surface area contributed by atoms with Crippen molar-refractivity contribution >= 4 is 19.6 Å². The average Bonchev–Trinajstić information content (AvgIpc) is 2.30. The van der Waals surface area contributed by atoms with Gasteiger partial charge in [0.05, 0.1) is 0 Å². The predicted octanol–water partition coefficient (Wildman–Crippen LogP) is 4.11. The lowest BCUT2D eigenvalue weighted by Crippen LogP contribution is -1.81. The predicted molar refractivity (Wildman–Crippen MR) is 72.4 cm³/mol. The highest BCUT2D eigenvalue weighted by Crippen LogP contribution is 2.23. The van der Waals surface area contributed by atoms with Crippen LogP contribution in [0.2, 0.25) is 0 Å². The molecule has 0 bridgehead atoms. The van der Waals surface area contributed by atoms with Gasteiger partial charge in [0.25, 0.3) is 0 Å². The quantitative estimate of drug-likeness (QED) is 0.705. The minimum Gasteiger partial charge on any atom is -0.197 e. The minimum atomic E-state index is 0. The van der Waals surface area contributed by atoms with E-state index in [0.717, 1.165) is 0 Å². The lowest BCUT2D eigenvalue weighted by molar-refractivity contribution is 1.59. The van der Waals surface area contributed by atoms with Gasteiger partial charge in [0.15, 0.2) is 0 Å². The summed E-state index contributed by atoms with van der Waals surface area (Å²) in [6, 6.07) is 18.6. The van der Waals surface area contributed by atoms with Crippen molar-refractivity contribution < 1.29 is 0 Å². The second kappa shape index (κ2) is 5.42. The molecule has 0 fully saturated rings. The van der Waals surface area contributed by atoms with Gasteiger partial charge in [-0.25, -0.2) is 0 Å². The van der Waals surface area contributed by atoms with Crippen LogP contribution in [0.25, 0.3) is 17.2 Å². The van der Waals surface area contributed by atoms with E-state index in [4.69, 9.17) is 0 Å².